The van der Waals surface area contributed by atoms with Gasteiger partial charge in [-0.1, -0.05) is 24.6 Å². The summed E-state index contributed by atoms with van der Waals surface area (Å²) in [6.45, 7) is 10.5. The largest absolute Gasteiger partial charge is 0.508 e. The molecule has 1 rings (SSSR count). The fourth-order valence-corrected chi connectivity index (χ4v) is 2.12. The first-order valence-electron chi connectivity index (χ1n) is 7.18. The third-order valence-electron chi connectivity index (χ3n) is 3.91. The molecule has 0 heterocycles. The summed E-state index contributed by atoms with van der Waals surface area (Å²) in [5.41, 5.74) is 2.16. The van der Waals surface area contributed by atoms with Gasteiger partial charge in [-0.05, 0) is 40.3 Å². The topological polar surface area (TPSA) is 35.5 Å². The molecule has 108 valence electrons. The molecule has 1 aromatic carbocycles. The highest BCUT2D eigenvalue weighted by Crippen LogP contribution is 2.24. The standard InChI is InChI=1S/C16H28N2O/c1-6-13(3)18(5)10-9-17-14(4)15-11-12(2)7-8-16(15)19/h7-8,11,13-14,17,19H,6,9-10H2,1-5H3. The molecule has 0 saturated heterocycles. The van der Waals surface area contributed by atoms with Crippen molar-refractivity contribution in [2.24, 2.45) is 0 Å². The fraction of sp³-hybridized carbons (Fsp3) is 0.625. The van der Waals surface area contributed by atoms with Crippen LogP contribution in [0.15, 0.2) is 18.2 Å². The first-order chi connectivity index (χ1) is 8.95. The number of phenols is 1. The molecule has 0 aliphatic rings. The van der Waals surface area contributed by atoms with Crippen molar-refractivity contribution in [3.05, 3.63) is 29.3 Å². The Morgan fingerprint density at radius 1 is 1.32 bits per heavy atom. The van der Waals surface area contributed by atoms with Gasteiger partial charge in [0.2, 0.25) is 0 Å². The molecule has 0 aliphatic heterocycles. The van der Waals surface area contributed by atoms with E-state index in [2.05, 4.69) is 38.0 Å². The number of aromatic hydroxyl groups is 1. The summed E-state index contributed by atoms with van der Waals surface area (Å²) in [6, 6.07) is 6.54. The lowest BCUT2D eigenvalue weighted by atomic mass is 10.0. The zero-order valence-electron chi connectivity index (χ0n) is 12.9. The van der Waals surface area contributed by atoms with E-state index in [0.29, 0.717) is 11.8 Å². The van der Waals surface area contributed by atoms with Gasteiger partial charge < -0.3 is 15.3 Å². The third kappa shape index (κ3) is 4.84. The molecule has 2 atom stereocenters. The van der Waals surface area contributed by atoms with E-state index in [4.69, 9.17) is 0 Å². The Morgan fingerprint density at radius 2 is 2.00 bits per heavy atom. The van der Waals surface area contributed by atoms with Gasteiger partial charge in [0.25, 0.3) is 0 Å². The highest BCUT2D eigenvalue weighted by molar-refractivity contribution is 5.37. The Hall–Kier alpha value is -1.06. The van der Waals surface area contributed by atoms with Crippen molar-refractivity contribution >= 4 is 0 Å². The van der Waals surface area contributed by atoms with E-state index >= 15 is 0 Å². The van der Waals surface area contributed by atoms with Crippen molar-refractivity contribution in [3.8, 4) is 5.75 Å². The number of likely N-dealkylation sites (N-methyl/N-ethyl adjacent to an activating group) is 1. The predicted octanol–water partition coefficient (Wildman–Crippen LogP) is 3.08. The van der Waals surface area contributed by atoms with Crippen LogP contribution in [0.4, 0.5) is 0 Å². The minimum Gasteiger partial charge on any atom is -0.508 e. The maximum absolute atomic E-state index is 9.89. The Labute approximate surface area is 117 Å². The molecule has 0 radical (unpaired) electrons. The Bertz CT molecular complexity index is 392. The van der Waals surface area contributed by atoms with E-state index in [1.165, 1.54) is 12.0 Å². The number of nitrogens with zero attached hydrogens (tertiary/aromatic N) is 1. The van der Waals surface area contributed by atoms with Crippen LogP contribution in [0.5, 0.6) is 5.75 Å². The average molecular weight is 264 g/mol. The molecule has 2 unspecified atom stereocenters. The van der Waals surface area contributed by atoms with Gasteiger partial charge in [-0.15, -0.1) is 0 Å². The monoisotopic (exact) mass is 264 g/mol. The highest BCUT2D eigenvalue weighted by Gasteiger charge is 2.11. The Morgan fingerprint density at radius 3 is 2.63 bits per heavy atom. The van der Waals surface area contributed by atoms with Crippen molar-refractivity contribution in [2.75, 3.05) is 20.1 Å². The van der Waals surface area contributed by atoms with E-state index in [-0.39, 0.29) is 6.04 Å². The summed E-state index contributed by atoms with van der Waals surface area (Å²) in [5.74, 6) is 0.376. The number of aryl methyl sites for hydroxylation is 1. The molecule has 0 aromatic heterocycles. The van der Waals surface area contributed by atoms with Crippen LogP contribution in [0.1, 0.15) is 44.4 Å². The van der Waals surface area contributed by atoms with Crippen LogP contribution in [0, 0.1) is 6.92 Å². The van der Waals surface area contributed by atoms with Crippen molar-refractivity contribution in [3.63, 3.8) is 0 Å². The zero-order valence-corrected chi connectivity index (χ0v) is 12.9. The number of hydrogen-bond donors (Lipinski definition) is 2. The summed E-state index contributed by atoms with van der Waals surface area (Å²) >= 11 is 0. The van der Waals surface area contributed by atoms with E-state index in [1.807, 2.05) is 19.1 Å². The molecular formula is C16H28N2O. The van der Waals surface area contributed by atoms with Gasteiger partial charge in [0.15, 0.2) is 0 Å². The molecule has 0 saturated carbocycles. The summed E-state index contributed by atoms with van der Waals surface area (Å²) in [5, 5.41) is 13.4. The molecule has 0 spiro atoms. The van der Waals surface area contributed by atoms with Crippen molar-refractivity contribution in [1.29, 1.82) is 0 Å². The van der Waals surface area contributed by atoms with Crippen LogP contribution in [0.25, 0.3) is 0 Å². The normalized spacial score (nSPS) is 14.6. The SMILES string of the molecule is CCC(C)N(C)CCNC(C)c1cc(C)ccc1O. The molecule has 2 N–H and O–H groups in total. The molecule has 1 aromatic rings. The average Bonchev–Trinajstić information content (AvgIpc) is 2.40. The first kappa shape index (κ1) is 16.0. The van der Waals surface area contributed by atoms with Crippen LogP contribution >= 0.6 is 0 Å². The minimum atomic E-state index is 0.172. The minimum absolute atomic E-state index is 0.172. The maximum Gasteiger partial charge on any atom is 0.120 e. The number of hydrogen-bond acceptors (Lipinski definition) is 3. The van der Waals surface area contributed by atoms with Crippen LogP contribution in [-0.2, 0) is 0 Å². The van der Waals surface area contributed by atoms with E-state index in [9.17, 15) is 5.11 Å². The van der Waals surface area contributed by atoms with Crippen molar-refractivity contribution in [1.82, 2.24) is 10.2 Å². The van der Waals surface area contributed by atoms with Crippen LogP contribution in [-0.4, -0.2) is 36.2 Å². The number of benzene rings is 1. The first-order valence-corrected chi connectivity index (χ1v) is 7.18. The van der Waals surface area contributed by atoms with Gasteiger partial charge >= 0.3 is 0 Å². The van der Waals surface area contributed by atoms with Crippen LogP contribution in [0.3, 0.4) is 0 Å². The molecule has 0 fully saturated rings. The number of phenolic OH excluding ortho intramolecular Hbond substituents is 1. The van der Waals surface area contributed by atoms with E-state index in [0.717, 1.165) is 18.7 Å². The second-order valence-corrected chi connectivity index (χ2v) is 5.48. The summed E-state index contributed by atoms with van der Waals surface area (Å²) in [7, 11) is 2.16. The van der Waals surface area contributed by atoms with Gasteiger partial charge in [0, 0.05) is 30.7 Å². The predicted molar refractivity (Wildman–Crippen MR) is 81.6 cm³/mol. The lowest BCUT2D eigenvalue weighted by Gasteiger charge is -2.25. The van der Waals surface area contributed by atoms with Crippen molar-refractivity contribution < 1.29 is 5.11 Å². The second kappa shape index (κ2) is 7.51. The van der Waals surface area contributed by atoms with Gasteiger partial charge in [0.05, 0.1) is 0 Å². The molecular weight excluding hydrogens is 236 g/mol. The third-order valence-corrected chi connectivity index (χ3v) is 3.91. The van der Waals surface area contributed by atoms with Gasteiger partial charge in [-0.2, -0.15) is 0 Å². The molecule has 3 nitrogen and oxygen atoms in total. The fourth-order valence-electron chi connectivity index (χ4n) is 2.12. The van der Waals surface area contributed by atoms with E-state index in [1.54, 1.807) is 6.07 Å². The quantitative estimate of drug-likeness (QED) is 0.794. The lowest BCUT2D eigenvalue weighted by Crippen LogP contribution is -2.35. The lowest BCUT2D eigenvalue weighted by molar-refractivity contribution is 0.249. The Kier molecular flexibility index (Phi) is 6.32. The number of rotatable bonds is 7. The summed E-state index contributed by atoms with van der Waals surface area (Å²) in [6.07, 6.45) is 1.17. The van der Waals surface area contributed by atoms with Gasteiger partial charge in [0.1, 0.15) is 5.75 Å². The molecule has 3 heteroatoms. The summed E-state index contributed by atoms with van der Waals surface area (Å²) in [4.78, 5) is 2.36. The maximum atomic E-state index is 9.89. The smallest absolute Gasteiger partial charge is 0.120 e. The van der Waals surface area contributed by atoms with Gasteiger partial charge in [-0.3, -0.25) is 0 Å². The summed E-state index contributed by atoms with van der Waals surface area (Å²) < 4.78 is 0. The van der Waals surface area contributed by atoms with Gasteiger partial charge in [-0.25, -0.2) is 0 Å². The highest BCUT2D eigenvalue weighted by atomic mass is 16.3. The number of nitrogens with one attached hydrogen (secondary N) is 1. The van der Waals surface area contributed by atoms with E-state index < -0.39 is 0 Å². The van der Waals surface area contributed by atoms with Crippen molar-refractivity contribution in [2.45, 2.75) is 46.2 Å². The van der Waals surface area contributed by atoms with Crippen LogP contribution < -0.4 is 5.32 Å². The molecule has 0 bridgehead atoms. The zero-order chi connectivity index (χ0) is 14.4. The van der Waals surface area contributed by atoms with Crippen LogP contribution in [0.2, 0.25) is 0 Å². The molecule has 0 aliphatic carbocycles. The molecule has 0 amide bonds. The Balaban J connectivity index is 2.47. The second-order valence-electron chi connectivity index (χ2n) is 5.48. The molecule has 19 heavy (non-hydrogen) atoms.